The molecule has 0 aliphatic carbocycles. The van der Waals surface area contributed by atoms with Gasteiger partial charge in [0, 0.05) is 11.6 Å². The zero-order valence-corrected chi connectivity index (χ0v) is 21.9. The van der Waals surface area contributed by atoms with Crippen LogP contribution in [-0.4, -0.2) is 114 Å². The van der Waals surface area contributed by atoms with Gasteiger partial charge >= 0.3 is 0 Å². The average Bonchev–Trinajstić information content (AvgIpc) is 2.96. The van der Waals surface area contributed by atoms with Crippen molar-refractivity contribution in [3.63, 3.8) is 0 Å². The predicted molar refractivity (Wildman–Crippen MR) is 139 cm³/mol. The fraction of sp³-hybridized carbons (Fsp3) is 0.444. The van der Waals surface area contributed by atoms with E-state index in [0.29, 0.717) is 0 Å². The van der Waals surface area contributed by atoms with Crippen LogP contribution < -0.4 is 10.2 Å². The number of hydrogen-bond acceptors (Lipinski definition) is 15. The summed E-state index contributed by atoms with van der Waals surface area (Å²) in [5, 5.41) is 104. The smallest absolute Gasteiger partial charge is 0.197 e. The predicted octanol–water partition coefficient (Wildman–Crippen LogP) is -1.75. The lowest BCUT2D eigenvalue weighted by Crippen LogP contribution is -2.55. The molecule has 3 unspecified atom stereocenters. The van der Waals surface area contributed by atoms with Crippen molar-refractivity contribution in [2.24, 2.45) is 0 Å². The topological polar surface area (TPSA) is 260 Å². The summed E-state index contributed by atoms with van der Waals surface area (Å²) in [4.78, 5) is 13.5. The molecule has 3 aromatic rings. The van der Waals surface area contributed by atoms with E-state index in [4.69, 9.17) is 18.6 Å². The quantitative estimate of drug-likeness (QED) is 0.157. The van der Waals surface area contributed by atoms with Gasteiger partial charge in [-0.15, -0.1) is 0 Å². The number of rotatable bonds is 5. The summed E-state index contributed by atoms with van der Waals surface area (Å²) in [6.07, 6.45) is -15.9. The fourth-order valence-electron chi connectivity index (χ4n) is 5.31. The molecular formula is C27H30O15. The van der Waals surface area contributed by atoms with E-state index in [1.54, 1.807) is 0 Å². The zero-order valence-electron chi connectivity index (χ0n) is 21.9. The van der Waals surface area contributed by atoms with E-state index in [1.165, 1.54) is 25.3 Å². The summed E-state index contributed by atoms with van der Waals surface area (Å²) in [5.41, 5.74) is -2.35. The summed E-state index contributed by atoms with van der Waals surface area (Å²) in [5.74, 6) is -2.22. The molecule has 42 heavy (non-hydrogen) atoms. The number of hydrogen-bond donors (Lipinski definition) is 10. The maximum absolute atomic E-state index is 13.5. The Morgan fingerprint density at radius 3 is 2.21 bits per heavy atom. The summed E-state index contributed by atoms with van der Waals surface area (Å²) in [6.45, 7) is -1.36. The van der Waals surface area contributed by atoms with Crippen LogP contribution in [0.15, 0.2) is 33.5 Å². The summed E-state index contributed by atoms with van der Waals surface area (Å²) in [6, 6.07) is 4.97. The summed E-state index contributed by atoms with van der Waals surface area (Å²) < 4.78 is 22.1. The van der Waals surface area contributed by atoms with Crippen LogP contribution in [0.1, 0.15) is 23.3 Å². The van der Waals surface area contributed by atoms with E-state index in [0.717, 1.165) is 6.07 Å². The molecule has 228 valence electrons. The van der Waals surface area contributed by atoms with Gasteiger partial charge in [0.05, 0.1) is 31.5 Å². The maximum atomic E-state index is 13.5. The Bertz CT molecular complexity index is 1530. The lowest BCUT2D eigenvalue weighted by Gasteiger charge is -2.41. The monoisotopic (exact) mass is 594 g/mol. The van der Waals surface area contributed by atoms with Crippen LogP contribution in [0, 0.1) is 0 Å². The minimum atomic E-state index is -2.00. The van der Waals surface area contributed by atoms with Gasteiger partial charge in [0.1, 0.15) is 77.6 Å². The summed E-state index contributed by atoms with van der Waals surface area (Å²) in [7, 11) is 1.30. The van der Waals surface area contributed by atoms with Gasteiger partial charge < -0.3 is 69.7 Å². The van der Waals surface area contributed by atoms with Gasteiger partial charge in [-0.25, -0.2) is 0 Å². The number of benzene rings is 2. The Hall–Kier alpha value is -3.51. The minimum Gasteiger partial charge on any atom is -0.507 e. The van der Waals surface area contributed by atoms with Crippen LogP contribution >= 0.6 is 0 Å². The highest BCUT2D eigenvalue weighted by atomic mass is 16.5. The minimum absolute atomic E-state index is 0.0299. The highest BCUT2D eigenvalue weighted by Gasteiger charge is 2.48. The van der Waals surface area contributed by atoms with E-state index < -0.39 is 107 Å². The van der Waals surface area contributed by atoms with Crippen molar-refractivity contribution in [2.75, 3.05) is 20.3 Å². The van der Waals surface area contributed by atoms with Gasteiger partial charge in [0.15, 0.2) is 22.5 Å². The first kappa shape index (κ1) is 30.0. The molecule has 2 saturated heterocycles. The molecule has 0 bridgehead atoms. The molecule has 15 nitrogen and oxygen atoms in total. The van der Waals surface area contributed by atoms with Gasteiger partial charge in [-0.05, 0) is 18.2 Å². The van der Waals surface area contributed by atoms with Crippen LogP contribution in [-0.2, 0) is 9.47 Å². The van der Waals surface area contributed by atoms with Gasteiger partial charge in [-0.3, -0.25) is 4.79 Å². The molecule has 5 rings (SSSR count). The van der Waals surface area contributed by atoms with Crippen molar-refractivity contribution >= 4 is 11.0 Å². The van der Waals surface area contributed by atoms with Gasteiger partial charge in [0.2, 0.25) is 0 Å². The van der Waals surface area contributed by atoms with E-state index in [-0.39, 0.29) is 22.8 Å². The average molecular weight is 595 g/mol. The van der Waals surface area contributed by atoms with Crippen molar-refractivity contribution in [3.05, 3.63) is 45.6 Å². The lowest BCUT2D eigenvalue weighted by molar-refractivity contribution is -0.232. The molecule has 2 aliphatic rings. The van der Waals surface area contributed by atoms with Crippen molar-refractivity contribution in [3.8, 4) is 34.3 Å². The number of phenolic OH excluding ortho intramolecular Hbond substituents is 3. The second kappa shape index (κ2) is 11.3. The molecule has 1 aromatic heterocycles. The fourth-order valence-corrected chi connectivity index (χ4v) is 5.31. The molecule has 2 aliphatic heterocycles. The number of phenols is 3. The molecule has 0 spiro atoms. The first-order valence-electron chi connectivity index (χ1n) is 12.8. The molecule has 2 aromatic carbocycles. The van der Waals surface area contributed by atoms with Crippen LogP contribution in [0.5, 0.6) is 23.0 Å². The van der Waals surface area contributed by atoms with Gasteiger partial charge in [-0.2, -0.15) is 0 Å². The third-order valence-electron chi connectivity index (χ3n) is 7.62. The first-order valence-corrected chi connectivity index (χ1v) is 12.8. The SMILES string of the molecule is COc1cc(-c2cc(=O)c3c(O)c([C@@H]4OC(CO)[C@@H](O)[C@H](O)C4O)c(O)c([C@@H]4OC[C@@H](O)[C@H](O)C4O)c3o2)ccc1O. The Kier molecular flexibility index (Phi) is 8.06. The van der Waals surface area contributed by atoms with Crippen molar-refractivity contribution < 1.29 is 69.7 Å². The third kappa shape index (κ3) is 4.74. The zero-order chi connectivity index (χ0) is 30.6. The number of fused-ring (bicyclic) bond motifs is 1. The maximum Gasteiger partial charge on any atom is 0.197 e. The largest absolute Gasteiger partial charge is 0.507 e. The Morgan fingerprint density at radius 2 is 1.55 bits per heavy atom. The Labute approximate surface area is 236 Å². The van der Waals surface area contributed by atoms with E-state index in [9.17, 15) is 55.9 Å². The summed E-state index contributed by atoms with van der Waals surface area (Å²) >= 11 is 0. The number of ether oxygens (including phenoxy) is 3. The van der Waals surface area contributed by atoms with E-state index in [1.807, 2.05) is 0 Å². The molecule has 15 heteroatoms. The highest BCUT2D eigenvalue weighted by molar-refractivity contribution is 5.92. The van der Waals surface area contributed by atoms with Crippen LogP contribution in [0.4, 0.5) is 0 Å². The second-order valence-corrected chi connectivity index (χ2v) is 10.1. The Morgan fingerprint density at radius 1 is 0.857 bits per heavy atom. The standard InChI is InChI=1S/C27H30O15/c1-39-13-4-8(2-3-9(13)29)12-5-10(30)15-20(34)16(27-24(38)22(36)19(33)14(6-28)42-27)21(35)17(25(15)41-12)26-23(37)18(32)11(31)7-40-26/h2-5,11,14,18-19,22-24,26-29,31-38H,6-7H2,1H3/t11-,14?,18+,19-,22+,23?,24?,26+,27+/m1/s1. The molecule has 2 fully saturated rings. The normalized spacial score (nSPS) is 31.8. The van der Waals surface area contributed by atoms with Gasteiger partial charge in [0.25, 0.3) is 0 Å². The van der Waals surface area contributed by atoms with E-state index >= 15 is 0 Å². The third-order valence-corrected chi connectivity index (χ3v) is 7.62. The second-order valence-electron chi connectivity index (χ2n) is 10.1. The number of methoxy groups -OCH3 is 1. The molecular weight excluding hydrogens is 564 g/mol. The van der Waals surface area contributed by atoms with Crippen LogP contribution in [0.25, 0.3) is 22.3 Å². The Balaban J connectivity index is 1.80. The number of aliphatic hydroxyl groups is 7. The van der Waals surface area contributed by atoms with Crippen molar-refractivity contribution in [1.29, 1.82) is 0 Å². The lowest BCUT2D eigenvalue weighted by atomic mass is 9.85. The molecule has 0 saturated carbocycles. The van der Waals surface area contributed by atoms with Crippen LogP contribution in [0.3, 0.4) is 0 Å². The molecule has 0 radical (unpaired) electrons. The molecule has 10 N–H and O–H groups in total. The van der Waals surface area contributed by atoms with Gasteiger partial charge in [-0.1, -0.05) is 0 Å². The van der Waals surface area contributed by atoms with E-state index in [2.05, 4.69) is 0 Å². The van der Waals surface area contributed by atoms with Crippen molar-refractivity contribution in [2.45, 2.75) is 54.9 Å². The molecule has 0 amide bonds. The highest BCUT2D eigenvalue weighted by Crippen LogP contribution is 2.50. The van der Waals surface area contributed by atoms with Crippen LogP contribution in [0.2, 0.25) is 0 Å². The molecule has 3 heterocycles. The molecule has 9 atom stereocenters. The number of aromatic hydroxyl groups is 3. The van der Waals surface area contributed by atoms with Crippen molar-refractivity contribution in [1.82, 2.24) is 0 Å². The first-order chi connectivity index (χ1) is 19.9. The number of aliphatic hydroxyl groups excluding tert-OH is 7.